The van der Waals surface area contributed by atoms with Crippen molar-refractivity contribution in [2.24, 2.45) is 7.05 Å². The van der Waals surface area contributed by atoms with Crippen LogP contribution in [0.2, 0.25) is 0 Å². The van der Waals surface area contributed by atoms with E-state index in [1.54, 1.807) is 0 Å². The van der Waals surface area contributed by atoms with Crippen LogP contribution in [0.1, 0.15) is 5.56 Å². The fourth-order valence-corrected chi connectivity index (χ4v) is 5.84. The SMILES string of the molecule is Cc1ccc(-c2ccccc2)cc1-c1c2[se]c3nncn3c2cc[n+]1C. The van der Waals surface area contributed by atoms with Crippen molar-refractivity contribution in [1.82, 2.24) is 14.6 Å². The molecule has 26 heavy (non-hydrogen) atoms. The van der Waals surface area contributed by atoms with Crippen LogP contribution in [0.4, 0.5) is 0 Å². The molecule has 0 fully saturated rings. The van der Waals surface area contributed by atoms with Crippen molar-refractivity contribution >= 4 is 28.8 Å². The minimum atomic E-state index is 0.162. The average molecular weight is 404 g/mol. The molecule has 0 amide bonds. The molecule has 5 aromatic rings. The van der Waals surface area contributed by atoms with E-state index in [0.29, 0.717) is 0 Å². The molecular formula is C21H17N4Se+. The molecule has 2 aromatic carbocycles. The summed E-state index contributed by atoms with van der Waals surface area (Å²) in [6.45, 7) is 2.19. The van der Waals surface area contributed by atoms with E-state index in [2.05, 4.69) is 93.9 Å². The Morgan fingerprint density at radius 2 is 1.85 bits per heavy atom. The van der Waals surface area contributed by atoms with Gasteiger partial charge in [0.1, 0.15) is 0 Å². The van der Waals surface area contributed by atoms with E-state index in [0.717, 1.165) is 4.52 Å². The van der Waals surface area contributed by atoms with Crippen LogP contribution in [0.25, 0.3) is 36.7 Å². The van der Waals surface area contributed by atoms with Gasteiger partial charge in [-0.25, -0.2) is 0 Å². The van der Waals surface area contributed by atoms with Crippen LogP contribution >= 0.6 is 0 Å². The Kier molecular flexibility index (Phi) is 3.52. The van der Waals surface area contributed by atoms with Gasteiger partial charge in [0.2, 0.25) is 0 Å². The van der Waals surface area contributed by atoms with Gasteiger partial charge in [-0.2, -0.15) is 0 Å². The fraction of sp³-hybridized carbons (Fsp3) is 0.0952. The summed E-state index contributed by atoms with van der Waals surface area (Å²) in [5.74, 6) is 0. The third kappa shape index (κ3) is 2.32. The first-order chi connectivity index (χ1) is 12.7. The summed E-state index contributed by atoms with van der Waals surface area (Å²) in [7, 11) is 2.12. The Bertz CT molecular complexity index is 1250. The monoisotopic (exact) mass is 405 g/mol. The van der Waals surface area contributed by atoms with Gasteiger partial charge >= 0.3 is 157 Å². The number of fused-ring (bicyclic) bond motifs is 3. The molecule has 3 aromatic heterocycles. The second-order valence-electron chi connectivity index (χ2n) is 6.47. The van der Waals surface area contributed by atoms with E-state index in [1.807, 2.05) is 6.33 Å². The van der Waals surface area contributed by atoms with Crippen molar-refractivity contribution in [3.8, 4) is 22.4 Å². The standard InChI is InChI=1S/C21H17N4Se/c1-14-8-9-16(15-6-4-3-5-7-15)12-17(14)19-20-18(10-11-24(19)2)25-13-22-23-21(25)26-20/h3-13H,1-2H3/q+1. The van der Waals surface area contributed by atoms with Gasteiger partial charge in [-0.15, -0.1) is 0 Å². The molecule has 0 atom stereocenters. The van der Waals surface area contributed by atoms with Crippen LogP contribution < -0.4 is 4.57 Å². The van der Waals surface area contributed by atoms with Crippen molar-refractivity contribution in [1.29, 1.82) is 0 Å². The average Bonchev–Trinajstić information content (AvgIpc) is 3.24. The molecule has 5 heteroatoms. The van der Waals surface area contributed by atoms with Crippen LogP contribution in [0.15, 0.2) is 67.1 Å². The number of hydrogen-bond acceptors (Lipinski definition) is 2. The first-order valence-electron chi connectivity index (χ1n) is 8.50. The first-order valence-corrected chi connectivity index (χ1v) is 10.2. The van der Waals surface area contributed by atoms with Gasteiger partial charge in [-0.05, 0) is 0 Å². The Balaban J connectivity index is 1.81. The Labute approximate surface area is 157 Å². The summed E-state index contributed by atoms with van der Waals surface area (Å²) in [6, 6.07) is 19.5. The molecule has 0 radical (unpaired) electrons. The number of aryl methyl sites for hydroxylation is 2. The van der Waals surface area contributed by atoms with Gasteiger partial charge in [0.15, 0.2) is 0 Å². The molecule has 0 aliphatic rings. The summed E-state index contributed by atoms with van der Waals surface area (Å²) in [6.07, 6.45) is 3.95. The molecule has 0 aliphatic carbocycles. The van der Waals surface area contributed by atoms with Gasteiger partial charge in [-0.3, -0.25) is 0 Å². The fourth-order valence-electron chi connectivity index (χ4n) is 3.45. The summed E-state index contributed by atoms with van der Waals surface area (Å²) < 4.78 is 6.80. The third-order valence-corrected chi connectivity index (χ3v) is 7.07. The summed E-state index contributed by atoms with van der Waals surface area (Å²) in [5.41, 5.74) is 7.55. The molecule has 0 saturated heterocycles. The number of nitrogens with zero attached hydrogens (tertiary/aromatic N) is 4. The van der Waals surface area contributed by atoms with Crippen molar-refractivity contribution in [2.45, 2.75) is 6.92 Å². The number of benzene rings is 2. The van der Waals surface area contributed by atoms with Crippen molar-refractivity contribution in [2.75, 3.05) is 0 Å². The molecule has 3 heterocycles. The Hall–Kier alpha value is -2.75. The molecule has 0 bridgehead atoms. The van der Waals surface area contributed by atoms with Crippen molar-refractivity contribution in [3.05, 3.63) is 72.7 Å². The van der Waals surface area contributed by atoms with E-state index in [9.17, 15) is 0 Å². The first kappa shape index (κ1) is 15.5. The maximum atomic E-state index is 4.29. The zero-order chi connectivity index (χ0) is 17.7. The predicted molar refractivity (Wildman–Crippen MR) is 104 cm³/mol. The molecule has 0 unspecified atom stereocenters. The van der Waals surface area contributed by atoms with Gasteiger partial charge in [-0.1, -0.05) is 0 Å². The van der Waals surface area contributed by atoms with Gasteiger partial charge in [0, 0.05) is 0 Å². The predicted octanol–water partition coefficient (Wildman–Crippen LogP) is 3.41. The van der Waals surface area contributed by atoms with Crippen LogP contribution in [-0.2, 0) is 7.05 Å². The van der Waals surface area contributed by atoms with Gasteiger partial charge < -0.3 is 0 Å². The second kappa shape index (κ2) is 5.90. The van der Waals surface area contributed by atoms with Gasteiger partial charge in [0.25, 0.3) is 0 Å². The molecule has 0 N–H and O–H groups in total. The molecule has 0 spiro atoms. The zero-order valence-corrected chi connectivity index (χ0v) is 16.3. The van der Waals surface area contributed by atoms with Gasteiger partial charge in [0.05, 0.1) is 0 Å². The van der Waals surface area contributed by atoms with Crippen LogP contribution in [0.3, 0.4) is 0 Å². The number of rotatable bonds is 2. The number of aromatic nitrogens is 4. The second-order valence-corrected chi connectivity index (χ2v) is 8.52. The quantitative estimate of drug-likeness (QED) is 0.334. The van der Waals surface area contributed by atoms with Crippen LogP contribution in [0, 0.1) is 6.92 Å². The summed E-state index contributed by atoms with van der Waals surface area (Å²) in [5, 5.41) is 8.36. The molecule has 0 aliphatic heterocycles. The maximum absolute atomic E-state index is 4.29. The van der Waals surface area contributed by atoms with E-state index in [1.165, 1.54) is 37.7 Å². The molecule has 0 saturated carbocycles. The minimum absolute atomic E-state index is 0.162. The zero-order valence-electron chi connectivity index (χ0n) is 14.5. The van der Waals surface area contributed by atoms with E-state index in [4.69, 9.17) is 0 Å². The van der Waals surface area contributed by atoms with Crippen molar-refractivity contribution < 1.29 is 4.57 Å². The number of hydrogen-bond donors (Lipinski definition) is 0. The number of pyridine rings is 1. The van der Waals surface area contributed by atoms with E-state index in [-0.39, 0.29) is 14.5 Å². The molecule has 5 rings (SSSR count). The summed E-state index contributed by atoms with van der Waals surface area (Å²) >= 11 is 0.162. The van der Waals surface area contributed by atoms with E-state index < -0.39 is 0 Å². The third-order valence-electron chi connectivity index (χ3n) is 4.83. The Morgan fingerprint density at radius 1 is 1.00 bits per heavy atom. The van der Waals surface area contributed by atoms with E-state index >= 15 is 0 Å². The molecular weight excluding hydrogens is 387 g/mol. The molecule has 4 nitrogen and oxygen atoms in total. The van der Waals surface area contributed by atoms with Crippen LogP contribution in [-0.4, -0.2) is 29.1 Å². The summed E-state index contributed by atoms with van der Waals surface area (Å²) in [4.78, 5) is 0. The molecule has 126 valence electrons. The van der Waals surface area contributed by atoms with Crippen LogP contribution in [0.5, 0.6) is 0 Å². The normalized spacial score (nSPS) is 11.5. The Morgan fingerprint density at radius 3 is 2.69 bits per heavy atom. The van der Waals surface area contributed by atoms with Crippen molar-refractivity contribution in [3.63, 3.8) is 0 Å². The topological polar surface area (TPSA) is 34.1 Å².